The summed E-state index contributed by atoms with van der Waals surface area (Å²) in [4.78, 5) is 3.78. The third-order valence-corrected chi connectivity index (χ3v) is 5.06. The number of quaternary nitrogens is 1. The third-order valence-electron chi connectivity index (χ3n) is 5.06. The molecule has 2 aromatic rings. The molecule has 5 heteroatoms. The predicted octanol–water partition coefficient (Wildman–Crippen LogP) is 1.46. The van der Waals surface area contributed by atoms with Gasteiger partial charge in [0.05, 0.1) is 39.0 Å². The second-order valence-corrected chi connectivity index (χ2v) is 7.40. The summed E-state index contributed by atoms with van der Waals surface area (Å²) in [6.07, 6.45) is -0.460. The van der Waals surface area contributed by atoms with E-state index >= 15 is 0 Å². The lowest BCUT2D eigenvalue weighted by molar-refractivity contribution is -0.903. The van der Waals surface area contributed by atoms with Gasteiger partial charge in [-0.1, -0.05) is 18.2 Å². The highest BCUT2D eigenvalue weighted by Crippen LogP contribution is 2.27. The lowest BCUT2D eigenvalue weighted by atomic mass is 10.1. The minimum atomic E-state index is -0.460. The molecule has 2 aromatic carbocycles. The fourth-order valence-electron chi connectivity index (χ4n) is 3.76. The number of methoxy groups -OCH3 is 1. The van der Waals surface area contributed by atoms with Gasteiger partial charge in [-0.15, -0.1) is 0 Å². The number of ether oxygens (including phenoxy) is 2. The molecule has 0 bridgehead atoms. The summed E-state index contributed by atoms with van der Waals surface area (Å²) in [5.41, 5.74) is 3.51. The van der Waals surface area contributed by atoms with Crippen molar-refractivity contribution in [2.45, 2.75) is 20.0 Å². The van der Waals surface area contributed by atoms with Gasteiger partial charge in [0.2, 0.25) is 0 Å². The minimum Gasteiger partial charge on any atom is -0.495 e. The maximum atomic E-state index is 10.4. The van der Waals surface area contributed by atoms with Gasteiger partial charge in [0.15, 0.2) is 0 Å². The number of anilines is 1. The lowest BCUT2D eigenvalue weighted by Crippen LogP contribution is -3.16. The van der Waals surface area contributed by atoms with E-state index < -0.39 is 6.10 Å². The number of benzene rings is 2. The van der Waals surface area contributed by atoms with Gasteiger partial charge in [0.1, 0.15) is 30.8 Å². The minimum absolute atomic E-state index is 0.336. The van der Waals surface area contributed by atoms with Crippen molar-refractivity contribution in [3.63, 3.8) is 0 Å². The van der Waals surface area contributed by atoms with Gasteiger partial charge in [0.25, 0.3) is 0 Å². The van der Waals surface area contributed by atoms with Crippen LogP contribution in [0.2, 0.25) is 0 Å². The number of rotatable bonds is 7. The van der Waals surface area contributed by atoms with Crippen molar-refractivity contribution in [3.05, 3.63) is 53.6 Å². The van der Waals surface area contributed by atoms with Gasteiger partial charge in [-0.3, -0.25) is 0 Å². The highest BCUT2D eigenvalue weighted by atomic mass is 16.5. The van der Waals surface area contributed by atoms with E-state index in [1.807, 2.05) is 30.3 Å². The van der Waals surface area contributed by atoms with Crippen LogP contribution in [0.1, 0.15) is 11.1 Å². The largest absolute Gasteiger partial charge is 0.495 e. The third kappa shape index (κ3) is 5.37. The summed E-state index contributed by atoms with van der Waals surface area (Å²) >= 11 is 0. The first-order valence-corrected chi connectivity index (χ1v) is 9.66. The molecule has 0 unspecified atom stereocenters. The van der Waals surface area contributed by atoms with Crippen molar-refractivity contribution < 1.29 is 19.5 Å². The topological polar surface area (TPSA) is 46.4 Å². The Hall–Kier alpha value is -2.24. The molecule has 1 fully saturated rings. The Balaban J connectivity index is 1.46. The lowest BCUT2D eigenvalue weighted by Gasteiger charge is -2.35. The van der Waals surface area contributed by atoms with Crippen molar-refractivity contribution in [2.75, 3.05) is 51.3 Å². The number of aryl methyl sites for hydroxylation is 2. The molecule has 0 spiro atoms. The molecule has 0 aromatic heterocycles. The van der Waals surface area contributed by atoms with Crippen LogP contribution in [-0.2, 0) is 0 Å². The zero-order valence-corrected chi connectivity index (χ0v) is 16.6. The first kappa shape index (κ1) is 19.5. The number of hydrogen-bond acceptors (Lipinski definition) is 4. The number of hydrogen-bond donors (Lipinski definition) is 2. The Kier molecular flexibility index (Phi) is 6.58. The molecule has 0 radical (unpaired) electrons. The van der Waals surface area contributed by atoms with Gasteiger partial charge in [-0.25, -0.2) is 0 Å². The van der Waals surface area contributed by atoms with Crippen molar-refractivity contribution in [3.8, 4) is 11.5 Å². The molecule has 1 heterocycles. The van der Waals surface area contributed by atoms with Crippen LogP contribution in [0, 0.1) is 13.8 Å². The van der Waals surface area contributed by atoms with Crippen LogP contribution in [0.3, 0.4) is 0 Å². The highest BCUT2D eigenvalue weighted by Gasteiger charge is 2.24. The van der Waals surface area contributed by atoms with Gasteiger partial charge < -0.3 is 24.4 Å². The van der Waals surface area contributed by atoms with Crippen molar-refractivity contribution in [1.82, 2.24) is 0 Å². The van der Waals surface area contributed by atoms with E-state index in [9.17, 15) is 5.11 Å². The molecule has 0 amide bonds. The van der Waals surface area contributed by atoms with Crippen LogP contribution in [0.5, 0.6) is 11.5 Å². The molecular weight excluding hydrogens is 340 g/mol. The van der Waals surface area contributed by atoms with E-state index in [0.29, 0.717) is 13.2 Å². The van der Waals surface area contributed by atoms with Crippen LogP contribution in [0.4, 0.5) is 5.69 Å². The standard InChI is InChI=1S/C22H30N2O3/c1-17-12-18(2)14-20(13-17)27-16-19(25)15-23-8-10-24(11-9-23)21-6-4-5-7-22(21)26-3/h4-7,12-14,19,25H,8-11,15-16H2,1-3H3/p+1/t19-/m0/s1. The summed E-state index contributed by atoms with van der Waals surface area (Å²) < 4.78 is 11.3. The zero-order valence-electron chi connectivity index (χ0n) is 16.6. The van der Waals surface area contributed by atoms with Crippen LogP contribution in [0.15, 0.2) is 42.5 Å². The van der Waals surface area contributed by atoms with Gasteiger partial charge >= 0.3 is 0 Å². The van der Waals surface area contributed by atoms with Crippen LogP contribution in [-0.4, -0.2) is 57.7 Å². The monoisotopic (exact) mass is 371 g/mol. The number of aliphatic hydroxyl groups is 1. The van der Waals surface area contributed by atoms with Crippen molar-refractivity contribution >= 4 is 5.69 Å². The summed E-state index contributed by atoms with van der Waals surface area (Å²) in [5, 5.41) is 10.4. The van der Waals surface area contributed by atoms with E-state index in [0.717, 1.165) is 43.4 Å². The molecular formula is C22H31N2O3+. The van der Waals surface area contributed by atoms with Crippen molar-refractivity contribution in [2.24, 2.45) is 0 Å². The van der Waals surface area contributed by atoms with Crippen molar-refractivity contribution in [1.29, 1.82) is 0 Å². The Morgan fingerprint density at radius 3 is 2.41 bits per heavy atom. The number of para-hydroxylation sites is 2. The average molecular weight is 372 g/mol. The highest BCUT2D eigenvalue weighted by molar-refractivity contribution is 5.58. The molecule has 1 atom stereocenters. The maximum absolute atomic E-state index is 10.4. The SMILES string of the molecule is COc1ccccc1N1CC[NH+](C[C@H](O)COc2cc(C)cc(C)c2)CC1. The van der Waals surface area contributed by atoms with Gasteiger partial charge in [-0.2, -0.15) is 0 Å². The molecule has 27 heavy (non-hydrogen) atoms. The first-order chi connectivity index (χ1) is 13.0. The molecule has 1 saturated heterocycles. The Bertz CT molecular complexity index is 722. The number of aliphatic hydroxyl groups excluding tert-OH is 1. The Morgan fingerprint density at radius 1 is 1.07 bits per heavy atom. The fraction of sp³-hybridized carbons (Fsp3) is 0.455. The molecule has 2 N–H and O–H groups in total. The van der Waals surface area contributed by atoms with Crippen LogP contribution in [0.25, 0.3) is 0 Å². The molecule has 1 aliphatic rings. The molecule has 5 nitrogen and oxygen atoms in total. The van der Waals surface area contributed by atoms with Gasteiger partial charge in [0, 0.05) is 0 Å². The van der Waals surface area contributed by atoms with E-state index in [2.05, 4.69) is 30.9 Å². The zero-order chi connectivity index (χ0) is 19.2. The molecule has 0 aliphatic carbocycles. The van der Waals surface area contributed by atoms with E-state index in [-0.39, 0.29) is 0 Å². The van der Waals surface area contributed by atoms with Crippen LogP contribution < -0.4 is 19.3 Å². The van der Waals surface area contributed by atoms with E-state index in [1.165, 1.54) is 16.0 Å². The van der Waals surface area contributed by atoms with E-state index in [1.54, 1.807) is 7.11 Å². The quantitative estimate of drug-likeness (QED) is 0.774. The summed E-state index contributed by atoms with van der Waals surface area (Å²) in [6.45, 7) is 9.08. The Labute approximate surface area is 162 Å². The second kappa shape index (κ2) is 9.11. The fourth-order valence-corrected chi connectivity index (χ4v) is 3.76. The maximum Gasteiger partial charge on any atom is 0.142 e. The first-order valence-electron chi connectivity index (χ1n) is 9.66. The van der Waals surface area contributed by atoms with E-state index in [4.69, 9.17) is 9.47 Å². The predicted molar refractivity (Wildman–Crippen MR) is 108 cm³/mol. The smallest absolute Gasteiger partial charge is 0.142 e. The average Bonchev–Trinajstić information content (AvgIpc) is 2.66. The molecule has 146 valence electrons. The number of nitrogens with one attached hydrogen (secondary N) is 1. The summed E-state index contributed by atoms with van der Waals surface area (Å²) in [7, 11) is 1.71. The number of piperazine rings is 1. The molecule has 0 saturated carbocycles. The normalized spacial score (nSPS) is 16.2. The number of nitrogens with zero attached hydrogens (tertiary/aromatic N) is 1. The molecule has 3 rings (SSSR count). The van der Waals surface area contributed by atoms with Gasteiger partial charge in [-0.05, 0) is 49.2 Å². The summed E-state index contributed by atoms with van der Waals surface area (Å²) in [6, 6.07) is 14.3. The summed E-state index contributed by atoms with van der Waals surface area (Å²) in [5.74, 6) is 1.75. The Morgan fingerprint density at radius 2 is 1.74 bits per heavy atom. The second-order valence-electron chi connectivity index (χ2n) is 7.40. The molecule has 1 aliphatic heterocycles. The van der Waals surface area contributed by atoms with Crippen LogP contribution >= 0.6 is 0 Å².